The second kappa shape index (κ2) is 3.09. The SMILES string of the molecule is Cc1ccc2c(cnn2C)c1C(C)(C)C. The average Bonchev–Trinajstić information content (AvgIpc) is 2.45. The first-order valence-electron chi connectivity index (χ1n) is 5.33. The molecule has 2 heteroatoms. The molecule has 80 valence electrons. The summed E-state index contributed by atoms with van der Waals surface area (Å²) in [5, 5.41) is 5.61. The Kier molecular flexibility index (Phi) is 2.10. The Labute approximate surface area is 90.9 Å². The van der Waals surface area contributed by atoms with Crippen LogP contribution in [0.15, 0.2) is 18.3 Å². The summed E-state index contributed by atoms with van der Waals surface area (Å²) in [7, 11) is 1.99. The average molecular weight is 202 g/mol. The van der Waals surface area contributed by atoms with E-state index in [0.717, 1.165) is 0 Å². The van der Waals surface area contributed by atoms with Crippen LogP contribution in [0.1, 0.15) is 31.9 Å². The Morgan fingerprint density at radius 3 is 2.47 bits per heavy atom. The third kappa shape index (κ3) is 1.54. The molecule has 0 saturated heterocycles. The van der Waals surface area contributed by atoms with Crippen LogP contribution >= 0.6 is 0 Å². The van der Waals surface area contributed by atoms with Gasteiger partial charge in [-0.3, -0.25) is 4.68 Å². The van der Waals surface area contributed by atoms with Crippen molar-refractivity contribution in [3.05, 3.63) is 29.5 Å². The van der Waals surface area contributed by atoms with E-state index < -0.39 is 0 Å². The van der Waals surface area contributed by atoms with E-state index >= 15 is 0 Å². The maximum absolute atomic E-state index is 4.33. The van der Waals surface area contributed by atoms with Gasteiger partial charge in [-0.25, -0.2) is 0 Å². The smallest absolute Gasteiger partial charge is 0.0682 e. The summed E-state index contributed by atoms with van der Waals surface area (Å²) in [4.78, 5) is 0. The number of aromatic nitrogens is 2. The molecule has 0 aliphatic heterocycles. The van der Waals surface area contributed by atoms with E-state index in [9.17, 15) is 0 Å². The zero-order chi connectivity index (χ0) is 11.2. The van der Waals surface area contributed by atoms with Crippen molar-refractivity contribution < 1.29 is 0 Å². The summed E-state index contributed by atoms with van der Waals surface area (Å²) in [5.74, 6) is 0. The Balaban J connectivity index is 2.87. The van der Waals surface area contributed by atoms with E-state index in [0.29, 0.717) is 0 Å². The van der Waals surface area contributed by atoms with E-state index in [4.69, 9.17) is 0 Å². The van der Waals surface area contributed by atoms with Crippen LogP contribution in [0.2, 0.25) is 0 Å². The summed E-state index contributed by atoms with van der Waals surface area (Å²) in [5.41, 5.74) is 4.15. The van der Waals surface area contributed by atoms with Gasteiger partial charge in [0.15, 0.2) is 0 Å². The van der Waals surface area contributed by atoms with Gasteiger partial charge in [0, 0.05) is 12.4 Å². The molecular formula is C13H18N2. The lowest BCUT2D eigenvalue weighted by Crippen LogP contribution is -2.13. The second-order valence-electron chi connectivity index (χ2n) is 5.21. The third-order valence-electron chi connectivity index (χ3n) is 2.89. The number of aryl methyl sites for hydroxylation is 2. The molecule has 0 aliphatic carbocycles. The first kappa shape index (κ1) is 10.2. The lowest BCUT2D eigenvalue weighted by Gasteiger charge is -2.22. The second-order valence-corrected chi connectivity index (χ2v) is 5.21. The van der Waals surface area contributed by atoms with Gasteiger partial charge in [-0.15, -0.1) is 0 Å². The molecule has 1 aromatic heterocycles. The Hall–Kier alpha value is -1.31. The van der Waals surface area contributed by atoms with Crippen molar-refractivity contribution in [2.75, 3.05) is 0 Å². The van der Waals surface area contributed by atoms with Gasteiger partial charge >= 0.3 is 0 Å². The predicted molar refractivity (Wildman–Crippen MR) is 64.2 cm³/mol. The summed E-state index contributed by atoms with van der Waals surface area (Å²) in [6.07, 6.45) is 1.98. The highest BCUT2D eigenvalue weighted by Crippen LogP contribution is 2.32. The highest BCUT2D eigenvalue weighted by atomic mass is 15.2. The zero-order valence-electron chi connectivity index (χ0n) is 10.1. The predicted octanol–water partition coefficient (Wildman–Crippen LogP) is 3.18. The van der Waals surface area contributed by atoms with Crippen LogP contribution in [-0.4, -0.2) is 9.78 Å². The molecule has 0 fully saturated rings. The monoisotopic (exact) mass is 202 g/mol. The molecule has 0 N–H and O–H groups in total. The van der Waals surface area contributed by atoms with Crippen LogP contribution in [0.4, 0.5) is 0 Å². The molecule has 0 bridgehead atoms. The molecule has 1 aromatic carbocycles. The summed E-state index contributed by atoms with van der Waals surface area (Å²) < 4.78 is 1.93. The van der Waals surface area contributed by atoms with E-state index in [1.807, 2.05) is 17.9 Å². The fraction of sp³-hybridized carbons (Fsp3) is 0.462. The number of benzene rings is 1. The van der Waals surface area contributed by atoms with Gasteiger partial charge in [-0.2, -0.15) is 5.10 Å². The molecule has 15 heavy (non-hydrogen) atoms. The molecule has 2 nitrogen and oxygen atoms in total. The fourth-order valence-corrected chi connectivity index (χ4v) is 2.33. The summed E-state index contributed by atoms with van der Waals surface area (Å²) >= 11 is 0. The number of hydrogen-bond acceptors (Lipinski definition) is 1. The van der Waals surface area contributed by atoms with Crippen molar-refractivity contribution in [2.45, 2.75) is 33.1 Å². The summed E-state index contributed by atoms with van der Waals surface area (Å²) in [6.45, 7) is 8.93. The van der Waals surface area contributed by atoms with Gasteiger partial charge in [-0.1, -0.05) is 26.8 Å². The molecule has 0 spiro atoms. The summed E-state index contributed by atoms with van der Waals surface area (Å²) in [6, 6.07) is 4.33. The van der Waals surface area contributed by atoms with Crippen LogP contribution in [0.5, 0.6) is 0 Å². The quantitative estimate of drug-likeness (QED) is 0.641. The first-order valence-corrected chi connectivity index (χ1v) is 5.33. The minimum atomic E-state index is 0.173. The van der Waals surface area contributed by atoms with E-state index in [2.05, 4.69) is 44.9 Å². The van der Waals surface area contributed by atoms with Crippen LogP contribution < -0.4 is 0 Å². The topological polar surface area (TPSA) is 17.8 Å². The number of rotatable bonds is 0. The highest BCUT2D eigenvalue weighted by Gasteiger charge is 2.20. The minimum absolute atomic E-state index is 0.173. The van der Waals surface area contributed by atoms with Crippen LogP contribution in [-0.2, 0) is 12.5 Å². The van der Waals surface area contributed by atoms with E-state index in [-0.39, 0.29) is 5.41 Å². The van der Waals surface area contributed by atoms with Crippen molar-refractivity contribution in [3.8, 4) is 0 Å². The number of nitrogens with zero attached hydrogens (tertiary/aromatic N) is 2. The molecule has 2 aromatic rings. The Morgan fingerprint density at radius 1 is 1.20 bits per heavy atom. The molecule has 2 rings (SSSR count). The standard InChI is InChI=1S/C13H18N2/c1-9-6-7-11-10(8-14-15(11)5)12(9)13(2,3)4/h6-8H,1-5H3. The van der Waals surface area contributed by atoms with Crippen molar-refractivity contribution >= 4 is 10.9 Å². The normalized spacial score (nSPS) is 12.3. The fourth-order valence-electron chi connectivity index (χ4n) is 2.33. The van der Waals surface area contributed by atoms with Crippen molar-refractivity contribution in [1.82, 2.24) is 9.78 Å². The Bertz CT molecular complexity index is 501. The van der Waals surface area contributed by atoms with Crippen molar-refractivity contribution in [2.24, 2.45) is 7.05 Å². The van der Waals surface area contributed by atoms with Gasteiger partial charge in [-0.05, 0) is 29.5 Å². The van der Waals surface area contributed by atoms with E-state index in [1.165, 1.54) is 22.0 Å². The van der Waals surface area contributed by atoms with Crippen LogP contribution in [0.3, 0.4) is 0 Å². The van der Waals surface area contributed by atoms with Gasteiger partial charge in [0.25, 0.3) is 0 Å². The zero-order valence-corrected chi connectivity index (χ0v) is 10.1. The molecule has 0 aliphatic rings. The number of fused-ring (bicyclic) bond motifs is 1. The van der Waals surface area contributed by atoms with Gasteiger partial charge in [0.2, 0.25) is 0 Å². The maximum atomic E-state index is 4.33. The minimum Gasteiger partial charge on any atom is -0.268 e. The van der Waals surface area contributed by atoms with Gasteiger partial charge < -0.3 is 0 Å². The van der Waals surface area contributed by atoms with Crippen LogP contribution in [0.25, 0.3) is 10.9 Å². The van der Waals surface area contributed by atoms with Crippen molar-refractivity contribution in [3.63, 3.8) is 0 Å². The van der Waals surface area contributed by atoms with Gasteiger partial charge in [0.1, 0.15) is 0 Å². The molecule has 0 unspecified atom stereocenters. The lowest BCUT2D eigenvalue weighted by molar-refractivity contribution is 0.592. The molecule has 1 heterocycles. The van der Waals surface area contributed by atoms with Crippen molar-refractivity contribution in [1.29, 1.82) is 0 Å². The molecule has 0 radical (unpaired) electrons. The third-order valence-corrected chi connectivity index (χ3v) is 2.89. The lowest BCUT2D eigenvalue weighted by atomic mass is 9.82. The molecule has 0 saturated carbocycles. The largest absolute Gasteiger partial charge is 0.268 e. The molecule has 0 amide bonds. The molecule has 0 atom stereocenters. The maximum Gasteiger partial charge on any atom is 0.0682 e. The molecular weight excluding hydrogens is 184 g/mol. The van der Waals surface area contributed by atoms with Crippen LogP contribution in [0, 0.1) is 6.92 Å². The first-order chi connectivity index (χ1) is 6.91. The number of hydrogen-bond donors (Lipinski definition) is 0. The van der Waals surface area contributed by atoms with Gasteiger partial charge in [0.05, 0.1) is 11.7 Å². The highest BCUT2D eigenvalue weighted by molar-refractivity contribution is 5.84. The van der Waals surface area contributed by atoms with E-state index in [1.54, 1.807) is 0 Å². The Morgan fingerprint density at radius 2 is 1.87 bits per heavy atom.